The summed E-state index contributed by atoms with van der Waals surface area (Å²) in [4.78, 5) is 12.4. The van der Waals surface area contributed by atoms with Gasteiger partial charge in [0.05, 0.1) is 19.6 Å². The zero-order valence-electron chi connectivity index (χ0n) is 18.7. The van der Waals surface area contributed by atoms with Crippen molar-refractivity contribution in [1.82, 2.24) is 4.90 Å². The third-order valence-corrected chi connectivity index (χ3v) is 5.29. The minimum absolute atomic E-state index is 0.120. The Morgan fingerprint density at radius 1 is 0.718 bits per heavy atom. The molecule has 1 saturated heterocycles. The number of ether oxygens (including phenoxy) is 2. The van der Waals surface area contributed by atoms with Gasteiger partial charge in [-0.15, -0.1) is 0 Å². The van der Waals surface area contributed by atoms with E-state index in [0.29, 0.717) is 0 Å². The van der Waals surface area contributed by atoms with E-state index in [1.807, 2.05) is 0 Å². The standard InChI is InChI=1S/C18H16F17NO3/c1-2-10(37)39-9(8-36-3-5-38-6-4-36)7-11(19,20)12(21,22)13(23,24)14(25,26)15(27,28)16(29,30)17(31,32)18(33,34)35/h2,9H,1,3-8H2. The number of alkyl halides is 17. The maximum absolute atomic E-state index is 14.3. The summed E-state index contributed by atoms with van der Waals surface area (Å²) in [6.45, 7) is 1.21. The van der Waals surface area contributed by atoms with Gasteiger partial charge < -0.3 is 9.47 Å². The summed E-state index contributed by atoms with van der Waals surface area (Å²) in [6.07, 6.45) is -13.1. The van der Waals surface area contributed by atoms with Gasteiger partial charge in [0.25, 0.3) is 0 Å². The summed E-state index contributed by atoms with van der Waals surface area (Å²) < 4.78 is 237. The lowest BCUT2D eigenvalue weighted by Crippen LogP contribution is -2.74. The first-order valence-electron chi connectivity index (χ1n) is 10.00. The molecule has 230 valence electrons. The van der Waals surface area contributed by atoms with Gasteiger partial charge >= 0.3 is 53.6 Å². The molecule has 39 heavy (non-hydrogen) atoms. The first kappa shape index (κ1) is 35.0. The first-order valence-corrected chi connectivity index (χ1v) is 10.00. The van der Waals surface area contributed by atoms with E-state index in [9.17, 15) is 79.4 Å². The van der Waals surface area contributed by atoms with Gasteiger partial charge in [0.15, 0.2) is 0 Å². The van der Waals surface area contributed by atoms with Gasteiger partial charge in [0.1, 0.15) is 6.10 Å². The van der Waals surface area contributed by atoms with E-state index in [4.69, 9.17) is 4.74 Å². The van der Waals surface area contributed by atoms with Crippen LogP contribution >= 0.6 is 0 Å². The highest BCUT2D eigenvalue weighted by molar-refractivity contribution is 5.81. The van der Waals surface area contributed by atoms with Gasteiger partial charge in [-0.05, 0) is 0 Å². The lowest BCUT2D eigenvalue weighted by Gasteiger charge is -2.43. The number of carbonyl (C=O) groups is 1. The zero-order chi connectivity index (χ0) is 31.1. The largest absolute Gasteiger partial charge is 0.460 e. The Morgan fingerprint density at radius 3 is 1.49 bits per heavy atom. The van der Waals surface area contributed by atoms with Gasteiger partial charge in [-0.3, -0.25) is 4.90 Å². The Bertz CT molecular complexity index is 881. The number of carbonyl (C=O) groups excluding carboxylic acids is 1. The molecule has 1 heterocycles. The second-order valence-electron chi connectivity index (χ2n) is 8.03. The quantitative estimate of drug-likeness (QED) is 0.157. The van der Waals surface area contributed by atoms with Crippen LogP contribution in [0.1, 0.15) is 6.42 Å². The van der Waals surface area contributed by atoms with Gasteiger partial charge in [0.2, 0.25) is 0 Å². The molecule has 0 bridgehead atoms. The van der Waals surface area contributed by atoms with Crippen LogP contribution in [0.25, 0.3) is 0 Å². The molecule has 0 spiro atoms. The molecule has 1 atom stereocenters. The molecule has 0 saturated carbocycles. The minimum Gasteiger partial charge on any atom is -0.458 e. The highest BCUT2D eigenvalue weighted by Crippen LogP contribution is 2.64. The van der Waals surface area contributed by atoms with Crippen molar-refractivity contribution in [3.8, 4) is 0 Å². The van der Waals surface area contributed by atoms with Gasteiger partial charge in [-0.25, -0.2) is 4.79 Å². The summed E-state index contributed by atoms with van der Waals surface area (Å²) >= 11 is 0. The number of hydrogen-bond donors (Lipinski definition) is 0. The van der Waals surface area contributed by atoms with Crippen molar-refractivity contribution in [3.63, 3.8) is 0 Å². The third kappa shape index (κ3) is 5.88. The second-order valence-corrected chi connectivity index (χ2v) is 8.03. The molecule has 0 aliphatic carbocycles. The number of esters is 1. The van der Waals surface area contributed by atoms with E-state index in [2.05, 4.69) is 11.3 Å². The Morgan fingerprint density at radius 2 is 1.10 bits per heavy atom. The number of rotatable bonds is 12. The molecule has 0 aromatic carbocycles. The van der Waals surface area contributed by atoms with Crippen LogP contribution in [-0.2, 0) is 14.3 Å². The first-order chi connectivity index (χ1) is 17.2. The Balaban J connectivity index is 3.50. The Kier molecular flexibility index (Phi) is 9.62. The van der Waals surface area contributed by atoms with Crippen LogP contribution in [0.5, 0.6) is 0 Å². The van der Waals surface area contributed by atoms with E-state index in [-0.39, 0.29) is 32.4 Å². The third-order valence-electron chi connectivity index (χ3n) is 5.29. The van der Waals surface area contributed by atoms with Crippen molar-refractivity contribution >= 4 is 5.97 Å². The highest BCUT2D eigenvalue weighted by atomic mass is 19.4. The molecule has 0 aromatic rings. The van der Waals surface area contributed by atoms with E-state index in [1.165, 1.54) is 0 Å². The van der Waals surface area contributed by atoms with Crippen LogP contribution in [0, 0.1) is 0 Å². The summed E-state index contributed by atoms with van der Waals surface area (Å²) in [5.74, 6) is -58.8. The summed E-state index contributed by atoms with van der Waals surface area (Å²) in [5.41, 5.74) is 0. The van der Waals surface area contributed by atoms with Gasteiger partial charge in [0, 0.05) is 25.7 Å². The van der Waals surface area contributed by atoms with Crippen molar-refractivity contribution in [2.75, 3.05) is 32.8 Å². The monoisotopic (exact) mass is 617 g/mol. The maximum Gasteiger partial charge on any atom is 0.460 e. The highest BCUT2D eigenvalue weighted by Gasteiger charge is 2.95. The zero-order valence-corrected chi connectivity index (χ0v) is 18.7. The van der Waals surface area contributed by atoms with Crippen LogP contribution in [0.15, 0.2) is 12.7 Å². The number of morpholine rings is 1. The van der Waals surface area contributed by atoms with E-state index >= 15 is 0 Å². The van der Waals surface area contributed by atoms with Crippen molar-refractivity contribution in [2.24, 2.45) is 0 Å². The Hall–Kier alpha value is -2.06. The summed E-state index contributed by atoms with van der Waals surface area (Å²) in [5, 5.41) is 0. The van der Waals surface area contributed by atoms with Crippen molar-refractivity contribution < 1.29 is 88.9 Å². The Labute approximate surface area is 206 Å². The molecule has 4 nitrogen and oxygen atoms in total. The van der Waals surface area contributed by atoms with Crippen molar-refractivity contribution in [3.05, 3.63) is 12.7 Å². The topological polar surface area (TPSA) is 38.8 Å². The molecule has 0 N–H and O–H groups in total. The van der Waals surface area contributed by atoms with Crippen LogP contribution in [0.3, 0.4) is 0 Å². The lowest BCUT2D eigenvalue weighted by molar-refractivity contribution is -0.462. The minimum atomic E-state index is -8.70. The lowest BCUT2D eigenvalue weighted by atomic mass is 9.87. The molecule has 0 aromatic heterocycles. The summed E-state index contributed by atoms with van der Waals surface area (Å²) in [6, 6.07) is 0. The predicted molar refractivity (Wildman–Crippen MR) is 92.6 cm³/mol. The van der Waals surface area contributed by atoms with Crippen molar-refractivity contribution in [2.45, 2.75) is 60.2 Å². The maximum atomic E-state index is 14.3. The smallest absolute Gasteiger partial charge is 0.458 e. The normalized spacial score (nSPS) is 18.6. The number of hydrogen-bond acceptors (Lipinski definition) is 4. The molecule has 0 amide bonds. The van der Waals surface area contributed by atoms with Gasteiger partial charge in [-0.1, -0.05) is 6.58 Å². The molecule has 1 rings (SSSR count). The van der Waals surface area contributed by atoms with Crippen LogP contribution in [0.4, 0.5) is 74.6 Å². The molecule has 1 fully saturated rings. The SMILES string of the molecule is C=CC(=O)OC(CN1CCOCC1)CC(F)(F)C(F)(F)C(F)(F)C(F)(F)C(F)(F)C(F)(F)C(F)(F)C(F)(F)F. The molecular weight excluding hydrogens is 601 g/mol. The average molecular weight is 617 g/mol. The van der Waals surface area contributed by atoms with Crippen LogP contribution < -0.4 is 0 Å². The fourth-order valence-electron chi connectivity index (χ4n) is 3.04. The fraction of sp³-hybridized carbons (Fsp3) is 0.833. The molecule has 1 aliphatic heterocycles. The molecule has 1 aliphatic rings. The van der Waals surface area contributed by atoms with E-state index < -0.39 is 72.7 Å². The molecule has 0 radical (unpaired) electrons. The second kappa shape index (κ2) is 10.7. The molecular formula is C18H16F17NO3. The number of halogens is 17. The predicted octanol–water partition coefficient (Wildman–Crippen LogP) is 5.82. The average Bonchev–Trinajstić information content (AvgIpc) is 2.77. The fourth-order valence-corrected chi connectivity index (χ4v) is 3.04. The summed E-state index contributed by atoms with van der Waals surface area (Å²) in [7, 11) is 0. The van der Waals surface area contributed by atoms with Crippen LogP contribution in [0.2, 0.25) is 0 Å². The van der Waals surface area contributed by atoms with E-state index in [1.54, 1.807) is 0 Å². The van der Waals surface area contributed by atoms with Crippen molar-refractivity contribution in [1.29, 1.82) is 0 Å². The van der Waals surface area contributed by atoms with Crippen LogP contribution in [-0.4, -0.2) is 97.5 Å². The molecule has 1 unspecified atom stereocenters. The molecule has 21 heteroatoms. The van der Waals surface area contributed by atoms with E-state index in [0.717, 1.165) is 4.90 Å². The number of nitrogens with zero attached hydrogens (tertiary/aromatic N) is 1. The van der Waals surface area contributed by atoms with Gasteiger partial charge in [-0.2, -0.15) is 74.6 Å².